The predicted octanol–water partition coefficient (Wildman–Crippen LogP) is 3.13. The van der Waals surface area contributed by atoms with Crippen LogP contribution in [0.15, 0.2) is 48.8 Å². The van der Waals surface area contributed by atoms with Crippen LogP contribution in [0.1, 0.15) is 22.4 Å². The highest BCUT2D eigenvalue weighted by Crippen LogP contribution is 2.23. The van der Waals surface area contributed by atoms with Gasteiger partial charge in [-0.3, -0.25) is 19.7 Å². The minimum Gasteiger partial charge on any atom is -0.340 e. The first-order valence-electron chi connectivity index (χ1n) is 9.85. The molecule has 0 aliphatic carbocycles. The number of hydrogen-bond donors (Lipinski definition) is 0. The van der Waals surface area contributed by atoms with Gasteiger partial charge in [0.1, 0.15) is 0 Å². The van der Waals surface area contributed by atoms with E-state index in [2.05, 4.69) is 35.0 Å². The molecule has 1 amide bonds. The summed E-state index contributed by atoms with van der Waals surface area (Å²) >= 11 is 0. The number of para-hydroxylation sites is 1. The summed E-state index contributed by atoms with van der Waals surface area (Å²) in [6.45, 7) is 8.40. The molecule has 2 aromatic heterocycles. The Labute approximate surface area is 166 Å². The van der Waals surface area contributed by atoms with Crippen molar-refractivity contribution in [3.8, 4) is 0 Å². The lowest BCUT2D eigenvalue weighted by molar-refractivity contribution is -0.132. The Bertz CT molecular complexity index is 979. The molecule has 0 bridgehead atoms. The maximum atomic E-state index is 12.9. The van der Waals surface area contributed by atoms with Crippen LogP contribution in [-0.2, 0) is 17.8 Å². The summed E-state index contributed by atoms with van der Waals surface area (Å²) in [7, 11) is 0. The summed E-state index contributed by atoms with van der Waals surface area (Å²) in [6.07, 6.45) is 4.09. The molecule has 28 heavy (non-hydrogen) atoms. The van der Waals surface area contributed by atoms with Crippen molar-refractivity contribution in [3.63, 3.8) is 0 Å². The third-order valence-corrected chi connectivity index (χ3v) is 5.69. The fraction of sp³-hybridized carbons (Fsp3) is 0.348. The van der Waals surface area contributed by atoms with Gasteiger partial charge in [0.15, 0.2) is 0 Å². The van der Waals surface area contributed by atoms with E-state index in [0.717, 1.165) is 54.9 Å². The first-order valence-corrected chi connectivity index (χ1v) is 9.85. The van der Waals surface area contributed by atoms with E-state index in [1.807, 2.05) is 42.4 Å². The number of carbonyl (C=O) groups excluding carboxylic acids is 1. The smallest absolute Gasteiger partial charge is 0.227 e. The number of pyridine rings is 2. The van der Waals surface area contributed by atoms with E-state index >= 15 is 0 Å². The van der Waals surface area contributed by atoms with Gasteiger partial charge in [-0.05, 0) is 48.7 Å². The van der Waals surface area contributed by atoms with E-state index in [0.29, 0.717) is 6.42 Å². The number of nitrogens with zero attached hydrogens (tertiary/aromatic N) is 4. The number of aromatic nitrogens is 2. The van der Waals surface area contributed by atoms with Crippen LogP contribution in [0.5, 0.6) is 0 Å². The Morgan fingerprint density at radius 1 is 1.00 bits per heavy atom. The Kier molecular flexibility index (Phi) is 5.35. The van der Waals surface area contributed by atoms with Gasteiger partial charge < -0.3 is 4.90 Å². The number of rotatable bonds is 4. The first-order chi connectivity index (χ1) is 13.6. The lowest BCUT2D eigenvalue weighted by Crippen LogP contribution is -2.48. The number of hydrogen-bond acceptors (Lipinski definition) is 4. The molecule has 0 unspecified atom stereocenters. The fourth-order valence-corrected chi connectivity index (χ4v) is 4.00. The van der Waals surface area contributed by atoms with Crippen LogP contribution >= 0.6 is 0 Å². The highest BCUT2D eigenvalue weighted by molar-refractivity contribution is 5.86. The molecular weight excluding hydrogens is 348 g/mol. The Morgan fingerprint density at radius 3 is 2.46 bits per heavy atom. The third kappa shape index (κ3) is 3.90. The van der Waals surface area contributed by atoms with Gasteiger partial charge in [-0.15, -0.1) is 0 Å². The van der Waals surface area contributed by atoms with Gasteiger partial charge in [-0.25, -0.2) is 0 Å². The zero-order valence-corrected chi connectivity index (χ0v) is 16.6. The zero-order valence-electron chi connectivity index (χ0n) is 16.6. The van der Waals surface area contributed by atoms with Gasteiger partial charge in [0.2, 0.25) is 5.91 Å². The minimum atomic E-state index is 0.201. The average molecular weight is 374 g/mol. The monoisotopic (exact) mass is 374 g/mol. The van der Waals surface area contributed by atoms with Crippen molar-refractivity contribution in [1.82, 2.24) is 19.8 Å². The van der Waals surface area contributed by atoms with Crippen molar-refractivity contribution in [2.45, 2.75) is 26.8 Å². The van der Waals surface area contributed by atoms with Crippen LogP contribution in [0, 0.1) is 13.8 Å². The molecule has 0 saturated carbocycles. The number of piperazine rings is 1. The standard InChI is InChI=1S/C23H26N4O/c1-17-20-5-3-4-6-22(20)25-18(2)21(17)15-23(28)27-13-11-26(12-14-27)16-19-7-9-24-10-8-19/h3-10H,11-16H2,1-2H3. The summed E-state index contributed by atoms with van der Waals surface area (Å²) in [4.78, 5) is 26.1. The largest absolute Gasteiger partial charge is 0.340 e. The van der Waals surface area contributed by atoms with Crippen LogP contribution in [0.4, 0.5) is 0 Å². The molecule has 144 valence electrons. The molecule has 1 aliphatic heterocycles. The van der Waals surface area contributed by atoms with Crippen molar-refractivity contribution in [2.75, 3.05) is 26.2 Å². The van der Waals surface area contributed by atoms with E-state index in [4.69, 9.17) is 4.98 Å². The number of fused-ring (bicyclic) bond motifs is 1. The molecule has 3 aromatic rings. The molecule has 5 heteroatoms. The number of aryl methyl sites for hydroxylation is 2. The normalized spacial score (nSPS) is 15.1. The van der Waals surface area contributed by atoms with Crippen molar-refractivity contribution in [1.29, 1.82) is 0 Å². The molecule has 1 saturated heterocycles. The molecule has 0 atom stereocenters. The number of benzene rings is 1. The second-order valence-electron chi connectivity index (χ2n) is 7.51. The molecule has 4 rings (SSSR count). The molecule has 0 N–H and O–H groups in total. The Morgan fingerprint density at radius 2 is 1.71 bits per heavy atom. The molecule has 0 radical (unpaired) electrons. The fourth-order valence-electron chi connectivity index (χ4n) is 4.00. The van der Waals surface area contributed by atoms with Crippen LogP contribution in [0.25, 0.3) is 10.9 Å². The molecule has 5 nitrogen and oxygen atoms in total. The summed E-state index contributed by atoms with van der Waals surface area (Å²) in [5, 5.41) is 1.14. The maximum Gasteiger partial charge on any atom is 0.227 e. The highest BCUT2D eigenvalue weighted by atomic mass is 16.2. The van der Waals surface area contributed by atoms with Gasteiger partial charge in [0.25, 0.3) is 0 Å². The van der Waals surface area contributed by atoms with Crippen molar-refractivity contribution in [3.05, 3.63) is 71.2 Å². The maximum absolute atomic E-state index is 12.9. The molecular formula is C23H26N4O. The average Bonchev–Trinajstić information content (AvgIpc) is 2.72. The van der Waals surface area contributed by atoms with Crippen LogP contribution < -0.4 is 0 Å². The van der Waals surface area contributed by atoms with Gasteiger partial charge in [-0.1, -0.05) is 18.2 Å². The van der Waals surface area contributed by atoms with E-state index in [-0.39, 0.29) is 5.91 Å². The zero-order chi connectivity index (χ0) is 19.5. The van der Waals surface area contributed by atoms with Crippen molar-refractivity contribution < 1.29 is 4.79 Å². The lowest BCUT2D eigenvalue weighted by Gasteiger charge is -2.35. The lowest BCUT2D eigenvalue weighted by atomic mass is 9.99. The summed E-state index contributed by atoms with van der Waals surface area (Å²) in [6, 6.07) is 12.3. The van der Waals surface area contributed by atoms with Crippen LogP contribution in [0.3, 0.4) is 0 Å². The van der Waals surface area contributed by atoms with Gasteiger partial charge in [0, 0.05) is 56.2 Å². The predicted molar refractivity (Wildman–Crippen MR) is 111 cm³/mol. The van der Waals surface area contributed by atoms with Crippen molar-refractivity contribution in [2.24, 2.45) is 0 Å². The molecule has 0 spiro atoms. The van der Waals surface area contributed by atoms with Gasteiger partial charge in [0.05, 0.1) is 11.9 Å². The van der Waals surface area contributed by atoms with E-state index < -0.39 is 0 Å². The molecule has 1 fully saturated rings. The quantitative estimate of drug-likeness (QED) is 0.704. The Balaban J connectivity index is 1.40. The van der Waals surface area contributed by atoms with Gasteiger partial charge >= 0.3 is 0 Å². The second-order valence-corrected chi connectivity index (χ2v) is 7.51. The summed E-state index contributed by atoms with van der Waals surface area (Å²) < 4.78 is 0. The summed E-state index contributed by atoms with van der Waals surface area (Å²) in [5.74, 6) is 0.201. The van der Waals surface area contributed by atoms with Crippen molar-refractivity contribution >= 4 is 16.8 Å². The third-order valence-electron chi connectivity index (χ3n) is 5.69. The molecule has 1 aromatic carbocycles. The minimum absolute atomic E-state index is 0.201. The summed E-state index contributed by atoms with van der Waals surface area (Å²) in [5.41, 5.74) is 5.47. The Hall–Kier alpha value is -2.79. The number of amides is 1. The van der Waals surface area contributed by atoms with E-state index in [9.17, 15) is 4.79 Å². The molecule has 3 heterocycles. The van der Waals surface area contributed by atoms with E-state index in [1.165, 1.54) is 11.1 Å². The number of carbonyl (C=O) groups is 1. The van der Waals surface area contributed by atoms with Crippen LogP contribution in [0.2, 0.25) is 0 Å². The second kappa shape index (κ2) is 8.07. The molecule has 1 aliphatic rings. The highest BCUT2D eigenvalue weighted by Gasteiger charge is 2.22. The first kappa shape index (κ1) is 18.6. The van der Waals surface area contributed by atoms with Crippen LogP contribution in [-0.4, -0.2) is 51.9 Å². The van der Waals surface area contributed by atoms with Gasteiger partial charge in [-0.2, -0.15) is 0 Å². The SMILES string of the molecule is Cc1nc2ccccc2c(C)c1CC(=O)N1CCN(Cc2ccncc2)CC1. The van der Waals surface area contributed by atoms with E-state index in [1.54, 1.807) is 0 Å². The topological polar surface area (TPSA) is 49.3 Å².